The van der Waals surface area contributed by atoms with Gasteiger partial charge in [-0.3, -0.25) is 0 Å². The zero-order chi connectivity index (χ0) is 16.7. The van der Waals surface area contributed by atoms with Gasteiger partial charge in [-0.2, -0.15) is 13.2 Å². The normalized spacial score (nSPS) is 11.3. The van der Waals surface area contributed by atoms with E-state index in [1.54, 1.807) is 0 Å². The molecule has 1 heterocycles. The summed E-state index contributed by atoms with van der Waals surface area (Å²) < 4.78 is 43.9. The zero-order valence-electron chi connectivity index (χ0n) is 12.2. The first-order chi connectivity index (χ1) is 11.0. The predicted molar refractivity (Wildman–Crippen MR) is 76.5 cm³/mol. The van der Waals surface area contributed by atoms with Crippen molar-refractivity contribution < 1.29 is 22.7 Å². The predicted octanol–water partition coefficient (Wildman–Crippen LogP) is 3.22. The van der Waals surface area contributed by atoms with Crippen LogP contribution in [-0.4, -0.2) is 22.2 Å². The molecule has 2 rings (SSSR count). The number of rotatable bonds is 6. The fourth-order valence-electron chi connectivity index (χ4n) is 1.95. The summed E-state index contributed by atoms with van der Waals surface area (Å²) in [4.78, 5) is 15.0. The van der Waals surface area contributed by atoms with Crippen LogP contribution in [0.3, 0.4) is 0 Å². The van der Waals surface area contributed by atoms with Gasteiger partial charge in [0.1, 0.15) is 12.3 Å². The van der Waals surface area contributed by atoms with Gasteiger partial charge in [0, 0.05) is 13.1 Å². The van der Waals surface area contributed by atoms with Crippen molar-refractivity contribution in [2.75, 3.05) is 6.54 Å². The van der Waals surface area contributed by atoms with Crippen LogP contribution in [0, 0.1) is 0 Å². The maximum atomic E-state index is 12.6. The van der Waals surface area contributed by atoms with Gasteiger partial charge in [-0.25, -0.2) is 9.78 Å². The third kappa shape index (κ3) is 5.32. The molecular weight excluding hydrogens is 311 g/mol. The van der Waals surface area contributed by atoms with Crippen LogP contribution in [0.2, 0.25) is 0 Å². The largest absolute Gasteiger partial charge is 0.445 e. The van der Waals surface area contributed by atoms with E-state index in [0.717, 1.165) is 22.7 Å². The number of amides is 1. The molecule has 0 aliphatic carbocycles. The van der Waals surface area contributed by atoms with Crippen LogP contribution in [0.25, 0.3) is 0 Å². The first-order valence-electron chi connectivity index (χ1n) is 6.98. The van der Waals surface area contributed by atoms with Gasteiger partial charge >= 0.3 is 12.3 Å². The second-order valence-electron chi connectivity index (χ2n) is 4.81. The third-order valence-electron chi connectivity index (χ3n) is 3.06. The molecule has 1 N–H and O–H groups in total. The highest BCUT2D eigenvalue weighted by molar-refractivity contribution is 5.67. The molecule has 1 amide bonds. The SMILES string of the molecule is O=C(NCCCn1cncc1C(F)(F)F)OCc1ccccc1. The first-order valence-corrected chi connectivity index (χ1v) is 6.98. The first kappa shape index (κ1) is 16.9. The summed E-state index contributed by atoms with van der Waals surface area (Å²) in [5.74, 6) is 0. The molecule has 0 fully saturated rings. The monoisotopic (exact) mass is 327 g/mol. The highest BCUT2D eigenvalue weighted by atomic mass is 19.4. The molecule has 1 aromatic carbocycles. The Labute approximate surface area is 131 Å². The molecule has 0 bridgehead atoms. The molecule has 0 atom stereocenters. The van der Waals surface area contributed by atoms with Crippen LogP contribution in [-0.2, 0) is 24.1 Å². The fourth-order valence-corrected chi connectivity index (χ4v) is 1.95. The number of nitrogens with zero attached hydrogens (tertiary/aromatic N) is 2. The van der Waals surface area contributed by atoms with Crippen LogP contribution in [0.4, 0.5) is 18.0 Å². The molecule has 0 spiro atoms. The Morgan fingerprint density at radius 1 is 1.26 bits per heavy atom. The molecule has 0 saturated heterocycles. The minimum atomic E-state index is -4.43. The molecule has 0 saturated carbocycles. The summed E-state index contributed by atoms with van der Waals surface area (Å²) in [5.41, 5.74) is 0.0556. The van der Waals surface area contributed by atoms with E-state index in [2.05, 4.69) is 10.3 Å². The number of benzene rings is 1. The van der Waals surface area contributed by atoms with Gasteiger partial charge < -0.3 is 14.6 Å². The highest BCUT2D eigenvalue weighted by Gasteiger charge is 2.34. The quantitative estimate of drug-likeness (QED) is 0.829. The molecule has 124 valence electrons. The number of alkyl carbamates (subject to hydrolysis) is 1. The number of carbonyl (C=O) groups excluding carboxylic acids is 1. The maximum absolute atomic E-state index is 12.6. The molecule has 0 unspecified atom stereocenters. The molecule has 0 aliphatic heterocycles. The minimum absolute atomic E-state index is 0.105. The number of aromatic nitrogens is 2. The lowest BCUT2D eigenvalue weighted by molar-refractivity contribution is -0.143. The van der Waals surface area contributed by atoms with Gasteiger partial charge in [0.05, 0.1) is 12.5 Å². The second-order valence-corrected chi connectivity index (χ2v) is 4.81. The van der Waals surface area contributed by atoms with E-state index >= 15 is 0 Å². The van der Waals surface area contributed by atoms with Crippen molar-refractivity contribution in [2.24, 2.45) is 0 Å². The average Bonchev–Trinajstić information content (AvgIpc) is 2.99. The Kier molecular flexibility index (Phi) is 5.61. The van der Waals surface area contributed by atoms with Crippen molar-refractivity contribution >= 4 is 6.09 Å². The Bertz CT molecular complexity index is 626. The number of ether oxygens (including phenoxy) is 1. The van der Waals surface area contributed by atoms with Gasteiger partial charge in [0.25, 0.3) is 0 Å². The van der Waals surface area contributed by atoms with Crippen molar-refractivity contribution in [3.63, 3.8) is 0 Å². The van der Waals surface area contributed by atoms with Gasteiger partial charge in [-0.15, -0.1) is 0 Å². The van der Waals surface area contributed by atoms with E-state index in [4.69, 9.17) is 4.74 Å². The molecular formula is C15H16F3N3O2. The van der Waals surface area contributed by atoms with Crippen LogP contribution >= 0.6 is 0 Å². The zero-order valence-corrected chi connectivity index (χ0v) is 12.2. The number of carbonyl (C=O) groups is 1. The summed E-state index contributed by atoms with van der Waals surface area (Å²) >= 11 is 0. The molecule has 1 aromatic heterocycles. The van der Waals surface area contributed by atoms with Crippen LogP contribution < -0.4 is 5.32 Å². The summed E-state index contributed by atoms with van der Waals surface area (Å²) in [6, 6.07) is 9.17. The lowest BCUT2D eigenvalue weighted by atomic mass is 10.2. The highest BCUT2D eigenvalue weighted by Crippen LogP contribution is 2.28. The smallest absolute Gasteiger partial charge is 0.432 e. The molecule has 5 nitrogen and oxygen atoms in total. The molecule has 0 aliphatic rings. The van der Waals surface area contributed by atoms with E-state index in [0.29, 0.717) is 6.42 Å². The van der Waals surface area contributed by atoms with E-state index < -0.39 is 18.0 Å². The van der Waals surface area contributed by atoms with Crippen LogP contribution in [0.1, 0.15) is 17.7 Å². The van der Waals surface area contributed by atoms with E-state index in [-0.39, 0.29) is 19.7 Å². The Morgan fingerprint density at radius 2 is 2.00 bits per heavy atom. The van der Waals surface area contributed by atoms with Gasteiger partial charge in [0.2, 0.25) is 0 Å². The van der Waals surface area contributed by atoms with E-state index in [1.165, 1.54) is 0 Å². The summed E-state index contributed by atoms with van der Waals surface area (Å²) in [7, 11) is 0. The lowest BCUT2D eigenvalue weighted by Crippen LogP contribution is -2.26. The number of aryl methyl sites for hydroxylation is 1. The molecule has 8 heteroatoms. The third-order valence-corrected chi connectivity index (χ3v) is 3.06. The number of nitrogens with one attached hydrogen (secondary N) is 1. The number of alkyl halides is 3. The Morgan fingerprint density at radius 3 is 2.70 bits per heavy atom. The van der Waals surface area contributed by atoms with Gasteiger partial charge in [0.15, 0.2) is 0 Å². The summed E-state index contributed by atoms with van der Waals surface area (Å²) in [6.07, 6.45) is -2.80. The number of halogens is 3. The van der Waals surface area contributed by atoms with Gasteiger partial charge in [-0.1, -0.05) is 30.3 Å². The second kappa shape index (κ2) is 7.66. The summed E-state index contributed by atoms with van der Waals surface area (Å²) in [6.45, 7) is 0.462. The van der Waals surface area contributed by atoms with Crippen molar-refractivity contribution in [3.8, 4) is 0 Å². The topological polar surface area (TPSA) is 56.2 Å². The molecule has 23 heavy (non-hydrogen) atoms. The maximum Gasteiger partial charge on any atom is 0.432 e. The average molecular weight is 327 g/mol. The molecule has 0 radical (unpaired) electrons. The fraction of sp³-hybridized carbons (Fsp3) is 0.333. The number of hydrogen-bond acceptors (Lipinski definition) is 3. The van der Waals surface area contributed by atoms with Crippen LogP contribution in [0.15, 0.2) is 42.9 Å². The van der Waals surface area contributed by atoms with E-state index in [1.807, 2.05) is 30.3 Å². The van der Waals surface area contributed by atoms with Crippen molar-refractivity contribution in [3.05, 3.63) is 54.1 Å². The number of hydrogen-bond donors (Lipinski definition) is 1. The Balaban J connectivity index is 1.67. The standard InChI is InChI=1S/C15H16F3N3O2/c16-15(17,18)13-9-19-11-21(13)8-4-7-20-14(22)23-10-12-5-2-1-3-6-12/h1-3,5-6,9,11H,4,7-8,10H2,(H,20,22). The van der Waals surface area contributed by atoms with Crippen molar-refractivity contribution in [1.82, 2.24) is 14.9 Å². The van der Waals surface area contributed by atoms with Crippen molar-refractivity contribution in [2.45, 2.75) is 25.7 Å². The Hall–Kier alpha value is -2.51. The number of imidazole rings is 1. The molecule has 2 aromatic rings. The minimum Gasteiger partial charge on any atom is -0.445 e. The van der Waals surface area contributed by atoms with Crippen molar-refractivity contribution in [1.29, 1.82) is 0 Å². The van der Waals surface area contributed by atoms with Gasteiger partial charge in [-0.05, 0) is 12.0 Å². The van der Waals surface area contributed by atoms with Crippen LogP contribution in [0.5, 0.6) is 0 Å². The lowest BCUT2D eigenvalue weighted by Gasteiger charge is -2.11. The van der Waals surface area contributed by atoms with E-state index in [9.17, 15) is 18.0 Å². The summed E-state index contributed by atoms with van der Waals surface area (Å²) in [5, 5.41) is 2.50.